The summed E-state index contributed by atoms with van der Waals surface area (Å²) in [7, 11) is 0. The van der Waals surface area contributed by atoms with E-state index in [1.165, 1.54) is 6.07 Å². The molecule has 1 aliphatic heterocycles. The highest BCUT2D eigenvalue weighted by molar-refractivity contribution is 8.18. The number of ether oxygens (including phenoxy) is 2. The van der Waals surface area contributed by atoms with E-state index in [0.717, 1.165) is 11.8 Å². The smallest absolute Gasteiger partial charge is 0.344 e. The van der Waals surface area contributed by atoms with E-state index in [1.807, 2.05) is 0 Å². The van der Waals surface area contributed by atoms with Gasteiger partial charge in [-0.1, -0.05) is 41.6 Å². The summed E-state index contributed by atoms with van der Waals surface area (Å²) in [6, 6.07) is 11.4. The molecule has 0 unspecified atom stereocenters. The molecule has 0 saturated carbocycles. The lowest BCUT2D eigenvalue weighted by molar-refractivity contribution is -0.138. The summed E-state index contributed by atoms with van der Waals surface area (Å²) < 4.78 is 10.4. The molecule has 0 saturated heterocycles. The van der Waals surface area contributed by atoms with Gasteiger partial charge in [-0.25, -0.2) is 9.79 Å². The fourth-order valence-corrected chi connectivity index (χ4v) is 4.06. The van der Waals surface area contributed by atoms with Crippen LogP contribution in [0.2, 0.25) is 5.02 Å². The van der Waals surface area contributed by atoms with Crippen LogP contribution in [0.25, 0.3) is 6.08 Å². The fourth-order valence-electron chi connectivity index (χ4n) is 2.82. The molecule has 0 aliphatic carbocycles. The molecule has 1 amide bonds. The van der Waals surface area contributed by atoms with Crippen molar-refractivity contribution in [1.29, 1.82) is 0 Å². The van der Waals surface area contributed by atoms with Crippen LogP contribution in [0.3, 0.4) is 0 Å². The second kappa shape index (κ2) is 10.4. The Labute approximate surface area is 194 Å². The van der Waals surface area contributed by atoms with Crippen LogP contribution in [-0.2, 0) is 9.53 Å². The van der Waals surface area contributed by atoms with Gasteiger partial charge in [0.2, 0.25) is 0 Å². The molecule has 1 heterocycles. The van der Waals surface area contributed by atoms with Gasteiger partial charge < -0.3 is 19.7 Å². The van der Waals surface area contributed by atoms with Crippen LogP contribution in [0.5, 0.6) is 11.5 Å². The normalized spacial score (nSPS) is 16.0. The van der Waals surface area contributed by atoms with Crippen LogP contribution in [0.15, 0.2) is 63.7 Å². The van der Waals surface area contributed by atoms with Gasteiger partial charge in [-0.05, 0) is 49.8 Å². The first kappa shape index (κ1) is 23.4. The van der Waals surface area contributed by atoms with Gasteiger partial charge in [0.25, 0.3) is 5.91 Å². The van der Waals surface area contributed by atoms with E-state index < -0.39 is 11.9 Å². The number of phenolic OH excluding ortho intramolecular Hbond substituents is 1. The SMILES string of the molecule is CCOC(=O)C1=C(O)/C(=C/c2cc(Cl)c(O)c(OCC)c2)SC1=NC(=O)c1ccccc1. The first-order valence-corrected chi connectivity index (χ1v) is 10.9. The lowest BCUT2D eigenvalue weighted by Crippen LogP contribution is -2.14. The predicted molar refractivity (Wildman–Crippen MR) is 124 cm³/mol. The first-order chi connectivity index (χ1) is 15.3. The van der Waals surface area contributed by atoms with E-state index >= 15 is 0 Å². The zero-order valence-corrected chi connectivity index (χ0v) is 18.9. The monoisotopic (exact) mass is 473 g/mol. The second-order valence-electron chi connectivity index (χ2n) is 6.43. The minimum absolute atomic E-state index is 0.0240. The van der Waals surface area contributed by atoms with Crippen molar-refractivity contribution >= 4 is 46.4 Å². The van der Waals surface area contributed by atoms with Gasteiger partial charge in [-0.2, -0.15) is 0 Å². The largest absolute Gasteiger partial charge is 0.506 e. The zero-order valence-electron chi connectivity index (χ0n) is 17.3. The molecule has 166 valence electrons. The molecule has 0 radical (unpaired) electrons. The molecule has 0 aromatic heterocycles. The van der Waals surface area contributed by atoms with E-state index in [1.54, 1.807) is 56.3 Å². The Morgan fingerprint density at radius 1 is 1.12 bits per heavy atom. The molecule has 0 spiro atoms. The molecule has 0 bridgehead atoms. The van der Waals surface area contributed by atoms with E-state index in [0.29, 0.717) is 17.7 Å². The number of hydrogen-bond acceptors (Lipinski definition) is 7. The van der Waals surface area contributed by atoms with Crippen molar-refractivity contribution in [3.63, 3.8) is 0 Å². The summed E-state index contributed by atoms with van der Waals surface area (Å²) in [6.45, 7) is 3.80. The van der Waals surface area contributed by atoms with Gasteiger partial charge in [-0.15, -0.1) is 0 Å². The van der Waals surface area contributed by atoms with Crippen LogP contribution in [0.4, 0.5) is 0 Å². The van der Waals surface area contributed by atoms with Crippen LogP contribution < -0.4 is 4.74 Å². The van der Waals surface area contributed by atoms with Crippen molar-refractivity contribution in [3.05, 3.63) is 74.9 Å². The van der Waals surface area contributed by atoms with Gasteiger partial charge in [0.15, 0.2) is 11.5 Å². The third-order valence-electron chi connectivity index (χ3n) is 4.24. The van der Waals surface area contributed by atoms with Crippen molar-refractivity contribution in [2.75, 3.05) is 13.2 Å². The van der Waals surface area contributed by atoms with Crippen LogP contribution >= 0.6 is 23.4 Å². The number of carbonyl (C=O) groups excluding carboxylic acids is 2. The molecule has 2 aromatic carbocycles. The maximum Gasteiger partial charge on any atom is 0.344 e. The van der Waals surface area contributed by atoms with Gasteiger partial charge in [0.05, 0.1) is 23.1 Å². The maximum absolute atomic E-state index is 12.6. The number of phenols is 1. The van der Waals surface area contributed by atoms with Crippen molar-refractivity contribution in [2.24, 2.45) is 4.99 Å². The molecule has 2 N–H and O–H groups in total. The molecule has 2 aromatic rings. The third kappa shape index (κ3) is 5.15. The number of nitrogens with zero attached hydrogens (tertiary/aromatic N) is 1. The lowest BCUT2D eigenvalue weighted by atomic mass is 10.1. The standard InChI is InChI=1S/C23H20ClNO6S/c1-3-30-16-11-13(10-15(24)19(16)26)12-17-20(27)18(23(29)31-4-2)22(32-17)25-21(28)14-8-6-5-7-9-14/h5-12,26-27H,3-4H2,1-2H3/b17-12-,25-22?. The number of aliphatic imine (C=N–C) groups is 1. The number of rotatable bonds is 6. The van der Waals surface area contributed by atoms with Crippen LogP contribution in [-0.4, -0.2) is 40.3 Å². The Hall–Kier alpha value is -3.23. The fraction of sp³-hybridized carbons (Fsp3) is 0.174. The third-order valence-corrected chi connectivity index (χ3v) is 5.55. The Bertz CT molecular complexity index is 1140. The lowest BCUT2D eigenvalue weighted by Gasteiger charge is -2.09. The molecule has 1 aliphatic rings. The van der Waals surface area contributed by atoms with Crippen LogP contribution in [0, 0.1) is 0 Å². The summed E-state index contributed by atoms with van der Waals surface area (Å²) in [5.41, 5.74) is 0.652. The average Bonchev–Trinajstić information content (AvgIpc) is 3.07. The number of carbonyl (C=O) groups is 2. The number of aliphatic hydroxyl groups is 1. The Morgan fingerprint density at radius 2 is 1.84 bits per heavy atom. The van der Waals surface area contributed by atoms with Gasteiger partial charge >= 0.3 is 5.97 Å². The summed E-state index contributed by atoms with van der Waals surface area (Å²) in [5, 5.41) is 20.9. The van der Waals surface area contributed by atoms with Crippen LogP contribution in [0.1, 0.15) is 29.8 Å². The average molecular weight is 474 g/mol. The topological polar surface area (TPSA) is 105 Å². The maximum atomic E-state index is 12.6. The summed E-state index contributed by atoms with van der Waals surface area (Å²) >= 11 is 7.03. The van der Waals surface area contributed by atoms with E-state index in [4.69, 9.17) is 21.1 Å². The van der Waals surface area contributed by atoms with Gasteiger partial charge in [0.1, 0.15) is 16.4 Å². The minimum Gasteiger partial charge on any atom is -0.506 e. The number of hydrogen-bond donors (Lipinski definition) is 2. The number of halogens is 1. The summed E-state index contributed by atoms with van der Waals surface area (Å²) in [4.78, 5) is 29.3. The summed E-state index contributed by atoms with van der Waals surface area (Å²) in [5.74, 6) is -1.74. The number of thioether (sulfide) groups is 1. The molecule has 0 fully saturated rings. The molecule has 7 nitrogen and oxygen atoms in total. The first-order valence-electron chi connectivity index (χ1n) is 9.69. The highest BCUT2D eigenvalue weighted by atomic mass is 35.5. The second-order valence-corrected chi connectivity index (χ2v) is 7.86. The van der Waals surface area contributed by atoms with Crippen molar-refractivity contribution in [1.82, 2.24) is 0 Å². The Morgan fingerprint density at radius 3 is 2.50 bits per heavy atom. The van der Waals surface area contributed by atoms with Crippen molar-refractivity contribution in [3.8, 4) is 11.5 Å². The summed E-state index contributed by atoms with van der Waals surface area (Å²) in [6.07, 6.45) is 1.54. The number of esters is 1. The Kier molecular flexibility index (Phi) is 7.61. The van der Waals surface area contributed by atoms with Crippen molar-refractivity contribution in [2.45, 2.75) is 13.8 Å². The van der Waals surface area contributed by atoms with Crippen molar-refractivity contribution < 1.29 is 29.3 Å². The highest BCUT2D eigenvalue weighted by Crippen LogP contribution is 2.41. The molecule has 3 rings (SSSR count). The number of aliphatic hydroxyl groups excluding tert-OH is 1. The Balaban J connectivity index is 2.04. The van der Waals surface area contributed by atoms with Gasteiger partial charge in [-0.3, -0.25) is 4.79 Å². The molecule has 9 heteroatoms. The number of aromatic hydroxyl groups is 1. The quantitative estimate of drug-likeness (QED) is 0.559. The van der Waals surface area contributed by atoms with E-state index in [-0.39, 0.29) is 44.4 Å². The molecule has 32 heavy (non-hydrogen) atoms. The zero-order chi connectivity index (χ0) is 23.3. The van der Waals surface area contributed by atoms with Gasteiger partial charge in [0, 0.05) is 5.56 Å². The highest BCUT2D eigenvalue weighted by Gasteiger charge is 2.34. The molecular formula is C23H20ClNO6S. The number of benzene rings is 2. The predicted octanol–water partition coefficient (Wildman–Crippen LogP) is 5.15. The molecular weight excluding hydrogens is 454 g/mol. The number of amides is 1. The van der Waals surface area contributed by atoms with E-state index in [9.17, 15) is 19.8 Å². The van der Waals surface area contributed by atoms with E-state index in [2.05, 4.69) is 4.99 Å². The molecule has 0 atom stereocenters. The minimum atomic E-state index is -0.792.